The van der Waals surface area contributed by atoms with E-state index in [1.807, 2.05) is 78.9 Å². The Bertz CT molecular complexity index is 1000. The Morgan fingerprint density at radius 1 is 0.735 bits per heavy atom. The third kappa shape index (κ3) is 8.94. The van der Waals surface area contributed by atoms with Crippen LogP contribution in [0.4, 0.5) is 4.79 Å². The number of benzene rings is 3. The summed E-state index contributed by atoms with van der Waals surface area (Å²) >= 11 is 4.37. The molecule has 0 aromatic heterocycles. The highest BCUT2D eigenvalue weighted by molar-refractivity contribution is 7.80. The fourth-order valence-electron chi connectivity index (χ4n) is 3.70. The Morgan fingerprint density at radius 3 is 1.88 bits per heavy atom. The first-order chi connectivity index (χ1) is 16.6. The van der Waals surface area contributed by atoms with Crippen molar-refractivity contribution in [3.05, 3.63) is 108 Å². The molecular weight excluding hydrogens is 444 g/mol. The molecule has 5 nitrogen and oxygen atoms in total. The average molecular weight is 477 g/mol. The van der Waals surface area contributed by atoms with Crippen molar-refractivity contribution in [2.75, 3.05) is 5.75 Å². The van der Waals surface area contributed by atoms with E-state index < -0.39 is 12.1 Å². The smallest absolute Gasteiger partial charge is 0.408 e. The predicted octanol–water partition coefficient (Wildman–Crippen LogP) is 4.96. The normalized spacial score (nSPS) is 12.4. The van der Waals surface area contributed by atoms with E-state index in [0.717, 1.165) is 30.4 Å². The number of aryl methyl sites for hydroxylation is 1. The molecule has 0 bridgehead atoms. The number of hydrogen-bond acceptors (Lipinski definition) is 4. The number of nitrogens with one attached hydrogen (secondary N) is 2. The molecular formula is C28H32N2O3S. The zero-order chi connectivity index (χ0) is 24.0. The maximum absolute atomic E-state index is 13.2. The lowest BCUT2D eigenvalue weighted by Crippen LogP contribution is -2.51. The van der Waals surface area contributed by atoms with Crippen LogP contribution in [0.3, 0.4) is 0 Å². The van der Waals surface area contributed by atoms with Crippen molar-refractivity contribution in [2.24, 2.45) is 0 Å². The van der Waals surface area contributed by atoms with Gasteiger partial charge in [0.25, 0.3) is 0 Å². The highest BCUT2D eigenvalue weighted by Crippen LogP contribution is 2.10. The molecule has 2 N–H and O–H groups in total. The summed E-state index contributed by atoms with van der Waals surface area (Å²) in [6.07, 6.45) is 2.16. The van der Waals surface area contributed by atoms with Crippen molar-refractivity contribution >= 4 is 24.6 Å². The number of amides is 2. The number of thiol groups is 1. The molecule has 0 aliphatic carbocycles. The van der Waals surface area contributed by atoms with Gasteiger partial charge in [-0.05, 0) is 41.7 Å². The number of alkyl carbamates (subject to hydrolysis) is 1. The summed E-state index contributed by atoms with van der Waals surface area (Å²) in [4.78, 5) is 25.8. The number of carbonyl (C=O) groups excluding carboxylic acids is 2. The van der Waals surface area contributed by atoms with Crippen LogP contribution < -0.4 is 10.6 Å². The molecule has 0 unspecified atom stereocenters. The lowest BCUT2D eigenvalue weighted by atomic mass is 10.0. The van der Waals surface area contributed by atoms with Crippen molar-refractivity contribution in [3.63, 3.8) is 0 Å². The van der Waals surface area contributed by atoms with Crippen LogP contribution in [0.15, 0.2) is 91.0 Å². The second kappa shape index (κ2) is 14.1. The van der Waals surface area contributed by atoms with Crippen molar-refractivity contribution in [1.29, 1.82) is 0 Å². The lowest BCUT2D eigenvalue weighted by molar-refractivity contribution is -0.123. The van der Waals surface area contributed by atoms with Crippen molar-refractivity contribution in [1.82, 2.24) is 10.6 Å². The lowest BCUT2D eigenvalue weighted by Gasteiger charge is -2.23. The van der Waals surface area contributed by atoms with Gasteiger partial charge in [0.1, 0.15) is 12.6 Å². The summed E-state index contributed by atoms with van der Waals surface area (Å²) in [5, 5.41) is 5.89. The first-order valence-electron chi connectivity index (χ1n) is 11.6. The van der Waals surface area contributed by atoms with Crippen LogP contribution in [-0.2, 0) is 29.0 Å². The molecule has 178 valence electrons. The topological polar surface area (TPSA) is 67.4 Å². The summed E-state index contributed by atoms with van der Waals surface area (Å²) < 4.78 is 5.36. The number of ether oxygens (including phenoxy) is 1. The molecule has 3 aromatic carbocycles. The van der Waals surface area contributed by atoms with E-state index in [1.165, 1.54) is 5.56 Å². The van der Waals surface area contributed by atoms with Gasteiger partial charge < -0.3 is 15.4 Å². The Morgan fingerprint density at radius 2 is 1.29 bits per heavy atom. The molecule has 3 rings (SSSR count). The molecule has 0 spiro atoms. The first-order valence-corrected chi connectivity index (χ1v) is 12.2. The van der Waals surface area contributed by atoms with Gasteiger partial charge in [-0.1, -0.05) is 91.0 Å². The summed E-state index contributed by atoms with van der Waals surface area (Å²) in [7, 11) is 0. The number of hydrogen-bond donors (Lipinski definition) is 3. The molecule has 6 heteroatoms. The fraction of sp³-hybridized carbons (Fsp3) is 0.286. The Labute approximate surface area is 207 Å². The standard InChI is InChI=1S/C28H32N2O3S/c31-27(29-25(18-19-34)17-16-22-10-4-1-5-11-22)26(20-23-12-6-2-7-13-23)30-28(32)33-21-24-14-8-3-9-15-24/h1-15,25-26,34H,16-21H2,(H,29,31)(H,30,32)/t25-,26-/m0/s1. The first kappa shape index (κ1) is 25.4. The number of carbonyl (C=O) groups is 2. The predicted molar refractivity (Wildman–Crippen MR) is 139 cm³/mol. The fourth-order valence-corrected chi connectivity index (χ4v) is 4.01. The summed E-state index contributed by atoms with van der Waals surface area (Å²) in [5.74, 6) is 0.440. The minimum Gasteiger partial charge on any atom is -0.445 e. The third-order valence-electron chi connectivity index (χ3n) is 5.55. The van der Waals surface area contributed by atoms with Gasteiger partial charge in [0.15, 0.2) is 0 Å². The third-order valence-corrected chi connectivity index (χ3v) is 5.81. The van der Waals surface area contributed by atoms with Gasteiger partial charge in [0.2, 0.25) is 5.91 Å². The molecule has 0 fully saturated rings. The second-order valence-corrected chi connectivity index (χ2v) is 8.64. The van der Waals surface area contributed by atoms with Crippen LogP contribution in [0.5, 0.6) is 0 Å². The van der Waals surface area contributed by atoms with Gasteiger partial charge in [-0.3, -0.25) is 4.79 Å². The largest absolute Gasteiger partial charge is 0.445 e. The van der Waals surface area contributed by atoms with Crippen LogP contribution in [0.2, 0.25) is 0 Å². The highest BCUT2D eigenvalue weighted by Gasteiger charge is 2.24. The van der Waals surface area contributed by atoms with Crippen LogP contribution >= 0.6 is 12.6 Å². The van der Waals surface area contributed by atoms with Gasteiger partial charge in [-0.15, -0.1) is 0 Å². The molecule has 0 aliphatic heterocycles. The second-order valence-electron chi connectivity index (χ2n) is 8.19. The summed E-state index contributed by atoms with van der Waals surface area (Å²) in [5.41, 5.74) is 3.07. The van der Waals surface area contributed by atoms with Gasteiger partial charge >= 0.3 is 6.09 Å². The molecule has 0 saturated carbocycles. The van der Waals surface area contributed by atoms with Gasteiger partial charge in [-0.2, -0.15) is 12.6 Å². The van der Waals surface area contributed by atoms with E-state index in [4.69, 9.17) is 4.74 Å². The summed E-state index contributed by atoms with van der Waals surface area (Å²) in [6, 6.07) is 28.5. The van der Waals surface area contributed by atoms with Crippen LogP contribution in [0.25, 0.3) is 0 Å². The molecule has 0 aliphatic rings. The number of rotatable bonds is 12. The van der Waals surface area contributed by atoms with E-state index in [0.29, 0.717) is 12.2 Å². The quantitative estimate of drug-likeness (QED) is 0.324. The van der Waals surface area contributed by atoms with E-state index in [-0.39, 0.29) is 18.6 Å². The Hall–Kier alpha value is -3.25. The average Bonchev–Trinajstić information content (AvgIpc) is 2.87. The zero-order valence-corrected chi connectivity index (χ0v) is 20.1. The van der Waals surface area contributed by atoms with E-state index in [1.54, 1.807) is 0 Å². The maximum Gasteiger partial charge on any atom is 0.408 e. The maximum atomic E-state index is 13.2. The summed E-state index contributed by atoms with van der Waals surface area (Å²) in [6.45, 7) is 0.145. The molecule has 0 radical (unpaired) electrons. The minimum atomic E-state index is -0.746. The molecule has 2 amide bonds. The van der Waals surface area contributed by atoms with E-state index >= 15 is 0 Å². The molecule has 0 heterocycles. The van der Waals surface area contributed by atoms with Crippen molar-refractivity contribution in [3.8, 4) is 0 Å². The van der Waals surface area contributed by atoms with Crippen LogP contribution in [0, 0.1) is 0 Å². The van der Waals surface area contributed by atoms with E-state index in [9.17, 15) is 9.59 Å². The monoisotopic (exact) mass is 476 g/mol. The highest BCUT2D eigenvalue weighted by atomic mass is 32.1. The van der Waals surface area contributed by atoms with Crippen LogP contribution in [-0.4, -0.2) is 29.8 Å². The SMILES string of the molecule is O=C(N[C@@H](Cc1ccccc1)C(=O)N[C@H](CCS)CCc1ccccc1)OCc1ccccc1. The molecule has 2 atom stereocenters. The van der Waals surface area contributed by atoms with Crippen molar-refractivity contribution in [2.45, 2.75) is 44.4 Å². The Balaban J connectivity index is 1.62. The van der Waals surface area contributed by atoms with Gasteiger partial charge in [-0.25, -0.2) is 4.79 Å². The molecule has 34 heavy (non-hydrogen) atoms. The van der Waals surface area contributed by atoms with Gasteiger partial charge in [0, 0.05) is 12.5 Å². The molecule has 3 aromatic rings. The minimum absolute atomic E-state index is 0.0365. The molecule has 0 saturated heterocycles. The Kier molecular flexibility index (Phi) is 10.5. The van der Waals surface area contributed by atoms with Crippen molar-refractivity contribution < 1.29 is 14.3 Å². The van der Waals surface area contributed by atoms with Gasteiger partial charge in [0.05, 0.1) is 0 Å². The van der Waals surface area contributed by atoms with Crippen LogP contribution in [0.1, 0.15) is 29.5 Å². The zero-order valence-electron chi connectivity index (χ0n) is 19.2. The van der Waals surface area contributed by atoms with E-state index in [2.05, 4.69) is 35.4 Å².